The molecule has 22 heavy (non-hydrogen) atoms. The molecule has 0 saturated carbocycles. The van der Waals surface area contributed by atoms with Crippen LogP contribution < -0.4 is 0 Å². The minimum absolute atomic E-state index is 0.218. The third-order valence-electron chi connectivity index (χ3n) is 3.54. The van der Waals surface area contributed by atoms with Crippen LogP contribution in [-0.2, 0) is 6.18 Å². The molecule has 0 aliphatic heterocycles. The molecule has 1 N–H and O–H groups in total. The number of aromatic amines is 1. The van der Waals surface area contributed by atoms with Crippen LogP contribution >= 0.6 is 11.3 Å². The van der Waals surface area contributed by atoms with E-state index in [1.807, 2.05) is 24.3 Å². The quantitative estimate of drug-likeness (QED) is 0.496. The molecule has 0 aliphatic rings. The van der Waals surface area contributed by atoms with Gasteiger partial charge in [0.25, 0.3) is 0 Å². The molecule has 2 aromatic heterocycles. The fourth-order valence-corrected chi connectivity index (χ4v) is 3.43. The van der Waals surface area contributed by atoms with Crippen molar-refractivity contribution >= 4 is 32.5 Å². The second-order valence-corrected chi connectivity index (χ2v) is 5.87. The van der Waals surface area contributed by atoms with Crippen LogP contribution in [0.5, 0.6) is 0 Å². The van der Waals surface area contributed by atoms with Gasteiger partial charge in [-0.05, 0) is 30.3 Å². The largest absolute Gasteiger partial charge is 0.417 e. The summed E-state index contributed by atoms with van der Waals surface area (Å²) in [6.45, 7) is 0. The Bertz CT molecular complexity index is 949. The van der Waals surface area contributed by atoms with Gasteiger partial charge in [-0.15, -0.1) is 11.3 Å². The van der Waals surface area contributed by atoms with E-state index in [1.165, 1.54) is 0 Å². The lowest BCUT2D eigenvalue weighted by molar-refractivity contribution is -0.136. The fourth-order valence-electron chi connectivity index (χ4n) is 2.49. The first-order chi connectivity index (χ1) is 10.5. The summed E-state index contributed by atoms with van der Waals surface area (Å²) in [5.74, 6) is 0.572. The van der Waals surface area contributed by atoms with Crippen LogP contribution in [-0.4, -0.2) is 9.97 Å². The van der Waals surface area contributed by atoms with Gasteiger partial charge in [0.2, 0.25) is 0 Å². The average Bonchev–Trinajstić information content (AvgIpc) is 3.09. The Balaban J connectivity index is 1.91. The highest BCUT2D eigenvalue weighted by atomic mass is 32.1. The van der Waals surface area contributed by atoms with Crippen molar-refractivity contribution < 1.29 is 13.2 Å². The number of nitrogens with zero attached hydrogens (tertiary/aromatic N) is 1. The molecular formula is C16H9F3N2S. The lowest BCUT2D eigenvalue weighted by Crippen LogP contribution is -2.03. The summed E-state index contributed by atoms with van der Waals surface area (Å²) < 4.78 is 39.7. The van der Waals surface area contributed by atoms with E-state index in [0.717, 1.165) is 27.8 Å². The molecule has 0 radical (unpaired) electrons. The predicted octanol–water partition coefficient (Wildman–Crippen LogP) is 5.46. The molecule has 0 spiro atoms. The molecule has 0 amide bonds. The molecule has 0 aliphatic carbocycles. The second kappa shape index (κ2) is 4.58. The molecule has 2 heterocycles. The van der Waals surface area contributed by atoms with Crippen LogP contribution in [0.25, 0.3) is 32.5 Å². The number of para-hydroxylation sites is 2. The topological polar surface area (TPSA) is 28.7 Å². The van der Waals surface area contributed by atoms with Crippen molar-refractivity contribution in [1.82, 2.24) is 9.97 Å². The van der Waals surface area contributed by atoms with Crippen LogP contribution in [0.15, 0.2) is 47.8 Å². The first-order valence-corrected chi connectivity index (χ1v) is 7.44. The maximum Gasteiger partial charge on any atom is 0.417 e. The Kier molecular flexibility index (Phi) is 2.77. The number of fused-ring (bicyclic) bond motifs is 2. The van der Waals surface area contributed by atoms with E-state index in [9.17, 15) is 13.2 Å². The fraction of sp³-hybridized carbons (Fsp3) is 0.0625. The number of aromatic nitrogens is 2. The summed E-state index contributed by atoms with van der Waals surface area (Å²) in [6, 6.07) is 12.5. The molecule has 0 fully saturated rings. The van der Waals surface area contributed by atoms with Crippen molar-refractivity contribution in [3.63, 3.8) is 0 Å². The van der Waals surface area contributed by atoms with Crippen molar-refractivity contribution in [1.29, 1.82) is 0 Å². The van der Waals surface area contributed by atoms with E-state index in [0.29, 0.717) is 16.1 Å². The Hall–Kier alpha value is -2.34. The number of benzene rings is 2. The van der Waals surface area contributed by atoms with E-state index in [1.54, 1.807) is 18.2 Å². The van der Waals surface area contributed by atoms with E-state index in [-0.39, 0.29) is 5.39 Å². The van der Waals surface area contributed by atoms with Gasteiger partial charge < -0.3 is 4.98 Å². The first kappa shape index (κ1) is 13.3. The predicted molar refractivity (Wildman–Crippen MR) is 81.9 cm³/mol. The molecule has 2 nitrogen and oxygen atoms in total. The molecule has 110 valence electrons. The zero-order valence-electron chi connectivity index (χ0n) is 11.1. The summed E-state index contributed by atoms with van der Waals surface area (Å²) in [6.07, 6.45) is -4.34. The molecule has 6 heteroatoms. The lowest BCUT2D eigenvalue weighted by Gasteiger charge is -2.05. The highest BCUT2D eigenvalue weighted by Gasteiger charge is 2.33. The van der Waals surface area contributed by atoms with Crippen LogP contribution in [0.2, 0.25) is 0 Å². The number of imidazole rings is 1. The number of rotatable bonds is 1. The molecule has 0 unspecified atom stereocenters. The van der Waals surface area contributed by atoms with Gasteiger partial charge in [-0.3, -0.25) is 0 Å². The number of thiophene rings is 1. The van der Waals surface area contributed by atoms with Gasteiger partial charge in [-0.1, -0.05) is 12.1 Å². The van der Waals surface area contributed by atoms with Crippen molar-refractivity contribution in [2.75, 3.05) is 0 Å². The minimum atomic E-state index is -4.34. The van der Waals surface area contributed by atoms with E-state index in [4.69, 9.17) is 0 Å². The van der Waals surface area contributed by atoms with Crippen molar-refractivity contribution in [2.24, 2.45) is 0 Å². The SMILES string of the molecule is FC(F)(F)c1csc2ccc(-c3nc4ccccc4[nH]3)cc12. The first-order valence-electron chi connectivity index (χ1n) is 6.56. The highest BCUT2D eigenvalue weighted by Crippen LogP contribution is 2.39. The number of hydrogen-bond acceptors (Lipinski definition) is 2. The van der Waals surface area contributed by atoms with Gasteiger partial charge >= 0.3 is 6.18 Å². The molecule has 0 saturated heterocycles. The van der Waals surface area contributed by atoms with Crippen LogP contribution in [0.1, 0.15) is 5.56 Å². The lowest BCUT2D eigenvalue weighted by atomic mass is 10.1. The van der Waals surface area contributed by atoms with Crippen molar-refractivity contribution in [3.8, 4) is 11.4 Å². The summed E-state index contributed by atoms with van der Waals surface area (Å²) in [5.41, 5.74) is 1.70. The Morgan fingerprint density at radius 1 is 1.05 bits per heavy atom. The summed E-state index contributed by atoms with van der Waals surface area (Å²) >= 11 is 1.10. The number of nitrogens with one attached hydrogen (secondary N) is 1. The highest BCUT2D eigenvalue weighted by molar-refractivity contribution is 7.17. The van der Waals surface area contributed by atoms with E-state index in [2.05, 4.69) is 9.97 Å². The number of halogens is 3. The standard InChI is InChI=1S/C16H9F3N2S/c17-16(18,19)11-8-22-14-6-5-9(7-10(11)14)15-20-12-3-1-2-4-13(12)21-15/h1-8H,(H,20,21). The van der Waals surface area contributed by atoms with Crippen molar-refractivity contribution in [3.05, 3.63) is 53.4 Å². The monoisotopic (exact) mass is 318 g/mol. The molecule has 0 atom stereocenters. The Labute approximate surface area is 127 Å². The normalized spacial score (nSPS) is 12.3. The van der Waals surface area contributed by atoms with Crippen LogP contribution in [0, 0.1) is 0 Å². The number of hydrogen-bond donors (Lipinski definition) is 1. The van der Waals surface area contributed by atoms with Gasteiger partial charge in [-0.2, -0.15) is 13.2 Å². The van der Waals surface area contributed by atoms with E-state index >= 15 is 0 Å². The van der Waals surface area contributed by atoms with Crippen LogP contribution in [0.3, 0.4) is 0 Å². The van der Waals surface area contributed by atoms with Gasteiger partial charge in [0.1, 0.15) is 5.82 Å². The Morgan fingerprint density at radius 2 is 1.86 bits per heavy atom. The third kappa shape index (κ3) is 2.07. The minimum Gasteiger partial charge on any atom is -0.338 e. The molecule has 2 aromatic carbocycles. The van der Waals surface area contributed by atoms with Crippen LogP contribution in [0.4, 0.5) is 13.2 Å². The van der Waals surface area contributed by atoms with Crippen molar-refractivity contribution in [2.45, 2.75) is 6.18 Å². The zero-order chi connectivity index (χ0) is 15.3. The summed E-state index contributed by atoms with van der Waals surface area (Å²) in [4.78, 5) is 7.57. The summed E-state index contributed by atoms with van der Waals surface area (Å²) in [5, 5.41) is 1.38. The summed E-state index contributed by atoms with van der Waals surface area (Å²) in [7, 11) is 0. The molecule has 0 bridgehead atoms. The maximum atomic E-state index is 13.0. The second-order valence-electron chi connectivity index (χ2n) is 4.96. The smallest absolute Gasteiger partial charge is 0.338 e. The van der Waals surface area contributed by atoms with Gasteiger partial charge in [0, 0.05) is 21.0 Å². The molecule has 4 rings (SSSR count). The Morgan fingerprint density at radius 3 is 2.64 bits per heavy atom. The zero-order valence-corrected chi connectivity index (χ0v) is 11.9. The van der Waals surface area contributed by atoms with Gasteiger partial charge in [-0.25, -0.2) is 4.98 Å². The third-order valence-corrected chi connectivity index (χ3v) is 4.51. The maximum absolute atomic E-state index is 13.0. The molecule has 4 aromatic rings. The molecular weight excluding hydrogens is 309 g/mol. The van der Waals surface area contributed by atoms with Gasteiger partial charge in [0.05, 0.1) is 16.6 Å². The van der Waals surface area contributed by atoms with E-state index < -0.39 is 11.7 Å². The average molecular weight is 318 g/mol. The number of H-pyrrole nitrogens is 1. The number of alkyl halides is 3. The van der Waals surface area contributed by atoms with Gasteiger partial charge in [0.15, 0.2) is 0 Å².